The van der Waals surface area contributed by atoms with Crippen molar-refractivity contribution in [2.45, 2.75) is 26.5 Å². The van der Waals surface area contributed by atoms with E-state index in [9.17, 15) is 14.4 Å². The maximum absolute atomic E-state index is 12.4. The SMILES string of the molecule is Cc1cccn(CC(=O)c2ccc3c(c2)NC(=O)C(C)O3)c1=O. The quantitative estimate of drug-likeness (QED) is 0.876. The average molecular weight is 312 g/mol. The number of pyridine rings is 1. The molecule has 1 aliphatic heterocycles. The highest BCUT2D eigenvalue weighted by atomic mass is 16.5. The summed E-state index contributed by atoms with van der Waals surface area (Å²) < 4.78 is 6.82. The average Bonchev–Trinajstić information content (AvgIpc) is 2.52. The van der Waals surface area contributed by atoms with Gasteiger partial charge in [-0.05, 0) is 38.1 Å². The highest BCUT2D eigenvalue weighted by Crippen LogP contribution is 2.30. The zero-order valence-corrected chi connectivity index (χ0v) is 12.8. The minimum absolute atomic E-state index is 0.0511. The third-order valence-electron chi connectivity index (χ3n) is 3.76. The molecule has 0 fully saturated rings. The molecule has 118 valence electrons. The Morgan fingerprint density at radius 2 is 2.09 bits per heavy atom. The first-order chi connectivity index (χ1) is 11.0. The van der Waals surface area contributed by atoms with Gasteiger partial charge in [0, 0.05) is 17.3 Å². The Morgan fingerprint density at radius 3 is 2.87 bits per heavy atom. The zero-order chi connectivity index (χ0) is 16.6. The Kier molecular flexibility index (Phi) is 3.73. The number of ketones is 1. The van der Waals surface area contributed by atoms with Gasteiger partial charge in [0.15, 0.2) is 11.9 Å². The van der Waals surface area contributed by atoms with Crippen molar-refractivity contribution in [1.82, 2.24) is 4.57 Å². The van der Waals surface area contributed by atoms with Crippen LogP contribution in [-0.2, 0) is 11.3 Å². The van der Waals surface area contributed by atoms with Crippen LogP contribution in [-0.4, -0.2) is 22.4 Å². The van der Waals surface area contributed by atoms with Crippen LogP contribution >= 0.6 is 0 Å². The molecule has 1 amide bonds. The monoisotopic (exact) mass is 312 g/mol. The summed E-state index contributed by atoms with van der Waals surface area (Å²) in [5, 5.41) is 2.70. The molecule has 0 bridgehead atoms. The van der Waals surface area contributed by atoms with Gasteiger partial charge in [0.2, 0.25) is 0 Å². The lowest BCUT2D eigenvalue weighted by atomic mass is 10.1. The van der Waals surface area contributed by atoms with E-state index in [1.165, 1.54) is 4.57 Å². The number of carbonyl (C=O) groups excluding carboxylic acids is 2. The molecule has 0 saturated carbocycles. The fraction of sp³-hybridized carbons (Fsp3) is 0.235. The van der Waals surface area contributed by atoms with E-state index < -0.39 is 6.10 Å². The Hall–Kier alpha value is -2.89. The van der Waals surface area contributed by atoms with Gasteiger partial charge >= 0.3 is 0 Å². The molecule has 1 N–H and O–H groups in total. The van der Waals surface area contributed by atoms with Gasteiger partial charge in [-0.3, -0.25) is 14.4 Å². The Morgan fingerprint density at radius 1 is 1.30 bits per heavy atom. The molecule has 1 unspecified atom stereocenters. The first kappa shape index (κ1) is 15.0. The van der Waals surface area contributed by atoms with Gasteiger partial charge in [0.25, 0.3) is 11.5 Å². The van der Waals surface area contributed by atoms with Crippen molar-refractivity contribution < 1.29 is 14.3 Å². The van der Waals surface area contributed by atoms with Crippen LogP contribution in [0, 0.1) is 6.92 Å². The van der Waals surface area contributed by atoms with Gasteiger partial charge in [-0.25, -0.2) is 0 Å². The molecular weight excluding hydrogens is 296 g/mol. The highest BCUT2D eigenvalue weighted by Gasteiger charge is 2.24. The molecule has 1 aromatic heterocycles. The Bertz CT molecular complexity index is 854. The second kappa shape index (κ2) is 5.72. The predicted octanol–water partition coefficient (Wildman–Crippen LogP) is 1.76. The number of amides is 1. The van der Waals surface area contributed by atoms with Crippen LogP contribution < -0.4 is 15.6 Å². The predicted molar refractivity (Wildman–Crippen MR) is 84.9 cm³/mol. The smallest absolute Gasteiger partial charge is 0.265 e. The Balaban J connectivity index is 1.86. The molecule has 1 atom stereocenters. The second-order valence-electron chi connectivity index (χ2n) is 5.51. The van der Waals surface area contributed by atoms with Crippen molar-refractivity contribution in [3.05, 3.63) is 58.0 Å². The number of rotatable bonds is 3. The lowest BCUT2D eigenvalue weighted by Gasteiger charge is -2.23. The molecule has 23 heavy (non-hydrogen) atoms. The fourth-order valence-electron chi connectivity index (χ4n) is 2.41. The number of anilines is 1. The van der Waals surface area contributed by atoms with Crippen LogP contribution in [0.5, 0.6) is 5.75 Å². The summed E-state index contributed by atoms with van der Waals surface area (Å²) in [6.07, 6.45) is 1.02. The summed E-state index contributed by atoms with van der Waals surface area (Å²) in [5.74, 6) is 0.0618. The normalized spacial score (nSPS) is 16.3. The van der Waals surface area contributed by atoms with E-state index in [1.807, 2.05) is 0 Å². The van der Waals surface area contributed by atoms with Crippen LogP contribution in [0.1, 0.15) is 22.8 Å². The number of hydrogen-bond acceptors (Lipinski definition) is 4. The van der Waals surface area contributed by atoms with Crippen molar-refractivity contribution in [2.75, 3.05) is 5.32 Å². The summed E-state index contributed by atoms with van der Waals surface area (Å²) in [5.41, 5.74) is 1.27. The Labute approximate surface area is 132 Å². The summed E-state index contributed by atoms with van der Waals surface area (Å²) >= 11 is 0. The van der Waals surface area contributed by atoms with Crippen molar-refractivity contribution >= 4 is 17.4 Å². The number of fused-ring (bicyclic) bond motifs is 1. The molecule has 6 heteroatoms. The summed E-state index contributed by atoms with van der Waals surface area (Å²) in [6, 6.07) is 8.29. The summed E-state index contributed by atoms with van der Waals surface area (Å²) in [6.45, 7) is 3.31. The van der Waals surface area contributed by atoms with Gasteiger partial charge in [-0.2, -0.15) is 0 Å². The molecule has 0 aliphatic carbocycles. The van der Waals surface area contributed by atoms with Gasteiger partial charge in [0.05, 0.1) is 12.2 Å². The number of aromatic nitrogens is 1. The van der Waals surface area contributed by atoms with E-state index in [0.29, 0.717) is 22.6 Å². The number of Topliss-reactive ketones (excluding diaryl/α,β-unsaturated/α-hetero) is 1. The van der Waals surface area contributed by atoms with Gasteiger partial charge in [0.1, 0.15) is 5.75 Å². The standard InChI is InChI=1S/C17H16N2O4/c1-10-4-3-7-19(17(10)22)9-14(20)12-5-6-15-13(8-12)18-16(21)11(2)23-15/h3-8,11H,9H2,1-2H3,(H,18,21). The largest absolute Gasteiger partial charge is 0.479 e. The molecule has 1 aliphatic rings. The minimum atomic E-state index is -0.560. The number of benzene rings is 1. The van der Waals surface area contributed by atoms with Gasteiger partial charge in [-0.1, -0.05) is 6.07 Å². The molecule has 2 heterocycles. The summed E-state index contributed by atoms with van der Waals surface area (Å²) in [4.78, 5) is 36.0. The van der Waals surface area contributed by atoms with Crippen LogP contribution in [0.15, 0.2) is 41.3 Å². The van der Waals surface area contributed by atoms with Crippen LogP contribution in [0.4, 0.5) is 5.69 Å². The third kappa shape index (κ3) is 2.88. The lowest BCUT2D eigenvalue weighted by Crippen LogP contribution is -2.34. The zero-order valence-electron chi connectivity index (χ0n) is 12.8. The van der Waals surface area contributed by atoms with E-state index in [0.717, 1.165) is 0 Å². The highest BCUT2D eigenvalue weighted by molar-refractivity contribution is 6.01. The first-order valence-corrected chi connectivity index (χ1v) is 7.26. The summed E-state index contributed by atoms with van der Waals surface area (Å²) in [7, 11) is 0. The minimum Gasteiger partial charge on any atom is -0.479 e. The van der Waals surface area contributed by atoms with Crippen LogP contribution in [0.3, 0.4) is 0 Å². The van der Waals surface area contributed by atoms with E-state index >= 15 is 0 Å². The number of nitrogens with zero attached hydrogens (tertiary/aromatic N) is 1. The van der Waals surface area contributed by atoms with Crippen molar-refractivity contribution in [2.24, 2.45) is 0 Å². The van der Waals surface area contributed by atoms with Crippen molar-refractivity contribution in [3.8, 4) is 5.75 Å². The van der Waals surface area contributed by atoms with Gasteiger partial charge < -0.3 is 14.6 Å². The van der Waals surface area contributed by atoms with E-state index in [2.05, 4.69) is 5.32 Å². The van der Waals surface area contributed by atoms with Crippen LogP contribution in [0.25, 0.3) is 0 Å². The molecule has 0 saturated heterocycles. The van der Waals surface area contributed by atoms with E-state index in [1.54, 1.807) is 50.4 Å². The maximum Gasteiger partial charge on any atom is 0.265 e. The number of nitrogens with one attached hydrogen (secondary N) is 1. The number of carbonyl (C=O) groups is 2. The number of aryl methyl sites for hydroxylation is 1. The maximum atomic E-state index is 12.4. The first-order valence-electron chi connectivity index (χ1n) is 7.26. The van der Waals surface area contributed by atoms with Crippen molar-refractivity contribution in [1.29, 1.82) is 0 Å². The van der Waals surface area contributed by atoms with E-state index in [4.69, 9.17) is 4.74 Å². The van der Waals surface area contributed by atoms with E-state index in [-0.39, 0.29) is 23.8 Å². The molecule has 2 aromatic rings. The number of hydrogen-bond donors (Lipinski definition) is 1. The second-order valence-corrected chi connectivity index (χ2v) is 5.51. The lowest BCUT2D eigenvalue weighted by molar-refractivity contribution is -0.122. The molecule has 0 radical (unpaired) electrons. The topological polar surface area (TPSA) is 77.4 Å². The fourth-order valence-corrected chi connectivity index (χ4v) is 2.41. The molecule has 6 nitrogen and oxygen atoms in total. The number of ether oxygens (including phenoxy) is 1. The molecular formula is C17H16N2O4. The van der Waals surface area contributed by atoms with Gasteiger partial charge in [-0.15, -0.1) is 0 Å². The van der Waals surface area contributed by atoms with Crippen LogP contribution in [0.2, 0.25) is 0 Å². The molecule has 1 aromatic carbocycles. The molecule has 3 rings (SSSR count). The van der Waals surface area contributed by atoms with Crippen molar-refractivity contribution in [3.63, 3.8) is 0 Å². The third-order valence-corrected chi connectivity index (χ3v) is 3.76. The molecule has 0 spiro atoms.